The van der Waals surface area contributed by atoms with Crippen molar-refractivity contribution in [3.8, 4) is 0 Å². The number of nitro benzene ring substituents is 1. The van der Waals surface area contributed by atoms with Crippen LogP contribution in [0.5, 0.6) is 0 Å². The van der Waals surface area contributed by atoms with Crippen LogP contribution in [0.4, 0.5) is 20.2 Å². The van der Waals surface area contributed by atoms with Crippen LogP contribution in [0.1, 0.15) is 34.5 Å². The van der Waals surface area contributed by atoms with Crippen LogP contribution in [0.25, 0.3) is 0 Å². The summed E-state index contributed by atoms with van der Waals surface area (Å²) >= 11 is 0. The Morgan fingerprint density at radius 2 is 1.39 bits per heavy atom. The average Bonchev–Trinajstić information content (AvgIpc) is 2.81. The quantitative estimate of drug-likeness (QED) is 0.300. The van der Waals surface area contributed by atoms with E-state index in [0.717, 1.165) is 11.1 Å². The van der Waals surface area contributed by atoms with Crippen LogP contribution in [0, 0.1) is 21.7 Å². The van der Waals surface area contributed by atoms with Gasteiger partial charge >= 0.3 is 0 Å². The fourth-order valence-corrected chi connectivity index (χ4v) is 4.28. The van der Waals surface area contributed by atoms with E-state index in [-0.39, 0.29) is 29.1 Å². The Bertz CT molecular complexity index is 1110. The number of anilines is 1. The van der Waals surface area contributed by atoms with Crippen molar-refractivity contribution in [3.63, 3.8) is 0 Å². The van der Waals surface area contributed by atoms with E-state index < -0.39 is 4.92 Å². The van der Waals surface area contributed by atoms with E-state index in [9.17, 15) is 23.7 Å². The molecule has 0 spiro atoms. The molecule has 0 aromatic heterocycles. The number of piperazine rings is 1. The molecule has 1 aliphatic heterocycles. The third kappa shape index (κ3) is 4.90. The van der Waals surface area contributed by atoms with Gasteiger partial charge in [0.15, 0.2) is 5.78 Å². The molecule has 0 radical (unpaired) electrons. The zero-order chi connectivity index (χ0) is 23.5. The van der Waals surface area contributed by atoms with Crippen molar-refractivity contribution in [1.29, 1.82) is 0 Å². The van der Waals surface area contributed by atoms with Gasteiger partial charge in [-0.25, -0.2) is 8.78 Å². The Morgan fingerprint density at radius 3 is 1.85 bits per heavy atom. The number of benzene rings is 3. The predicted octanol–water partition coefficient (Wildman–Crippen LogP) is 4.99. The summed E-state index contributed by atoms with van der Waals surface area (Å²) in [4.78, 5) is 27.0. The summed E-state index contributed by atoms with van der Waals surface area (Å²) in [7, 11) is 0. The Labute approximate surface area is 190 Å². The van der Waals surface area contributed by atoms with E-state index in [0.29, 0.717) is 37.4 Å². The fraction of sp³-hybridized carbons (Fsp3) is 0.240. The van der Waals surface area contributed by atoms with Gasteiger partial charge in [-0.1, -0.05) is 24.3 Å². The third-order valence-corrected chi connectivity index (χ3v) is 5.97. The maximum atomic E-state index is 13.5. The highest BCUT2D eigenvalue weighted by molar-refractivity contribution is 5.95. The minimum Gasteiger partial charge on any atom is -0.363 e. The third-order valence-electron chi connectivity index (χ3n) is 5.97. The first-order valence-corrected chi connectivity index (χ1v) is 10.6. The van der Waals surface area contributed by atoms with Crippen molar-refractivity contribution in [2.24, 2.45) is 0 Å². The van der Waals surface area contributed by atoms with E-state index in [2.05, 4.69) is 4.90 Å². The van der Waals surface area contributed by atoms with Gasteiger partial charge in [0.05, 0.1) is 11.0 Å². The lowest BCUT2D eigenvalue weighted by Gasteiger charge is -2.40. The topological polar surface area (TPSA) is 66.7 Å². The second-order valence-corrected chi connectivity index (χ2v) is 8.05. The average molecular weight is 451 g/mol. The number of carbonyl (C=O) groups excluding carboxylic acids is 1. The van der Waals surface area contributed by atoms with Crippen molar-refractivity contribution in [2.45, 2.75) is 13.0 Å². The molecule has 0 saturated carbocycles. The van der Waals surface area contributed by atoms with Gasteiger partial charge in [0.25, 0.3) is 5.69 Å². The van der Waals surface area contributed by atoms with Gasteiger partial charge in [0, 0.05) is 37.8 Å². The van der Waals surface area contributed by atoms with Crippen molar-refractivity contribution in [2.75, 3.05) is 31.1 Å². The molecule has 0 amide bonds. The van der Waals surface area contributed by atoms with Gasteiger partial charge in [-0.05, 0) is 54.4 Å². The summed E-state index contributed by atoms with van der Waals surface area (Å²) in [6.07, 6.45) is 0. The first kappa shape index (κ1) is 22.5. The monoisotopic (exact) mass is 451 g/mol. The normalized spacial score (nSPS) is 14.5. The highest BCUT2D eigenvalue weighted by atomic mass is 19.1. The smallest absolute Gasteiger partial charge is 0.293 e. The zero-order valence-corrected chi connectivity index (χ0v) is 18.1. The van der Waals surface area contributed by atoms with E-state index in [1.807, 2.05) is 4.90 Å². The summed E-state index contributed by atoms with van der Waals surface area (Å²) in [6, 6.07) is 16.9. The van der Waals surface area contributed by atoms with Crippen LogP contribution < -0.4 is 4.90 Å². The molecule has 33 heavy (non-hydrogen) atoms. The van der Waals surface area contributed by atoms with Crippen LogP contribution >= 0.6 is 0 Å². The van der Waals surface area contributed by atoms with Crippen LogP contribution in [-0.4, -0.2) is 41.8 Å². The lowest BCUT2D eigenvalue weighted by atomic mass is 9.96. The molecule has 1 heterocycles. The molecule has 0 aliphatic carbocycles. The molecule has 170 valence electrons. The SMILES string of the molecule is CC(=O)c1ccc(N2CCN(C(c3ccc(F)cc3)c3ccc(F)cc3)CC2)c([N+](=O)[O-])c1. The second kappa shape index (κ2) is 9.46. The van der Waals surface area contributed by atoms with Crippen LogP contribution in [0.2, 0.25) is 0 Å². The van der Waals surface area contributed by atoms with E-state index in [1.54, 1.807) is 36.4 Å². The van der Waals surface area contributed by atoms with Gasteiger partial charge in [-0.2, -0.15) is 0 Å². The molecule has 0 bridgehead atoms. The van der Waals surface area contributed by atoms with Crippen molar-refractivity contribution >= 4 is 17.2 Å². The van der Waals surface area contributed by atoms with E-state index in [4.69, 9.17) is 0 Å². The molecule has 3 aromatic rings. The van der Waals surface area contributed by atoms with Gasteiger partial charge in [-0.3, -0.25) is 19.8 Å². The number of ketones is 1. The summed E-state index contributed by atoms with van der Waals surface area (Å²) in [5.41, 5.74) is 2.45. The lowest BCUT2D eigenvalue weighted by molar-refractivity contribution is -0.384. The molecular weight excluding hydrogens is 428 g/mol. The predicted molar refractivity (Wildman–Crippen MR) is 122 cm³/mol. The Hall–Kier alpha value is -3.65. The van der Waals surface area contributed by atoms with Gasteiger partial charge in [0.2, 0.25) is 0 Å². The number of hydrogen-bond donors (Lipinski definition) is 0. The molecule has 0 atom stereocenters. The maximum Gasteiger partial charge on any atom is 0.293 e. The molecule has 4 rings (SSSR count). The molecule has 1 fully saturated rings. The minimum absolute atomic E-state index is 0.0928. The molecular formula is C25H23F2N3O3. The summed E-state index contributed by atoms with van der Waals surface area (Å²) < 4.78 is 27.0. The molecule has 0 unspecified atom stereocenters. The number of Topliss-reactive ketones (excluding diaryl/α,β-unsaturated/α-hetero) is 1. The van der Waals surface area contributed by atoms with Crippen LogP contribution in [0.15, 0.2) is 66.7 Å². The summed E-state index contributed by atoms with van der Waals surface area (Å²) in [5.74, 6) is -0.888. The van der Waals surface area contributed by atoms with Gasteiger partial charge in [0.1, 0.15) is 17.3 Å². The highest BCUT2D eigenvalue weighted by Gasteiger charge is 2.29. The molecule has 0 N–H and O–H groups in total. The Balaban J connectivity index is 1.59. The number of hydrogen-bond acceptors (Lipinski definition) is 5. The summed E-state index contributed by atoms with van der Waals surface area (Å²) in [6.45, 7) is 3.61. The van der Waals surface area contributed by atoms with Crippen molar-refractivity contribution in [1.82, 2.24) is 4.90 Å². The number of halogens is 2. The number of nitro groups is 1. The van der Waals surface area contributed by atoms with Gasteiger partial charge < -0.3 is 4.90 Å². The first-order valence-electron chi connectivity index (χ1n) is 10.6. The zero-order valence-electron chi connectivity index (χ0n) is 18.1. The molecule has 6 nitrogen and oxygen atoms in total. The lowest BCUT2D eigenvalue weighted by Crippen LogP contribution is -2.48. The first-order chi connectivity index (χ1) is 15.8. The summed E-state index contributed by atoms with van der Waals surface area (Å²) in [5, 5.41) is 11.6. The van der Waals surface area contributed by atoms with Crippen molar-refractivity contribution < 1.29 is 18.5 Å². The van der Waals surface area contributed by atoms with Gasteiger partial charge in [-0.15, -0.1) is 0 Å². The number of carbonyl (C=O) groups is 1. The Morgan fingerprint density at radius 1 is 0.879 bits per heavy atom. The Kier molecular flexibility index (Phi) is 6.46. The van der Waals surface area contributed by atoms with Crippen molar-refractivity contribution in [3.05, 3.63) is 105 Å². The molecule has 8 heteroatoms. The largest absolute Gasteiger partial charge is 0.363 e. The van der Waals surface area contributed by atoms with E-state index >= 15 is 0 Å². The number of nitrogens with zero attached hydrogens (tertiary/aromatic N) is 3. The van der Waals surface area contributed by atoms with E-state index in [1.165, 1.54) is 37.3 Å². The molecule has 1 saturated heterocycles. The number of rotatable bonds is 6. The standard InChI is InChI=1S/C25H23F2N3O3/c1-17(31)20-6-11-23(24(16-20)30(32)33)28-12-14-29(15-13-28)25(18-2-7-21(26)8-3-18)19-4-9-22(27)10-5-19/h2-11,16,25H,12-15H2,1H3. The minimum atomic E-state index is -0.464. The maximum absolute atomic E-state index is 13.5. The second-order valence-electron chi connectivity index (χ2n) is 8.05. The van der Waals surface area contributed by atoms with Crippen LogP contribution in [0.3, 0.4) is 0 Å². The molecule has 1 aliphatic rings. The molecule has 3 aromatic carbocycles. The highest BCUT2D eigenvalue weighted by Crippen LogP contribution is 2.34. The van der Waals surface area contributed by atoms with Crippen LogP contribution in [-0.2, 0) is 0 Å². The fourth-order valence-electron chi connectivity index (χ4n) is 4.28.